The molecule has 1 rings (SSSR count). The van der Waals surface area contributed by atoms with Crippen LogP contribution in [0.2, 0.25) is 0 Å². The molecule has 0 bridgehead atoms. The van der Waals surface area contributed by atoms with E-state index in [1.165, 1.54) is 14.0 Å². The Morgan fingerprint density at radius 1 is 1.57 bits per heavy atom. The standard InChI is InChI=1S/C10H10BrFO2/c1-5-4-7(11)9(12)8(6(2)13)10(5)14-3/h4H,1-3H3. The number of hydrogen-bond acceptors (Lipinski definition) is 2. The molecule has 0 unspecified atom stereocenters. The fourth-order valence-electron chi connectivity index (χ4n) is 1.31. The number of benzene rings is 1. The van der Waals surface area contributed by atoms with Gasteiger partial charge in [0.15, 0.2) is 11.6 Å². The Labute approximate surface area is 90.2 Å². The minimum absolute atomic E-state index is 0.000579. The van der Waals surface area contributed by atoms with Crippen molar-refractivity contribution in [1.29, 1.82) is 0 Å². The topological polar surface area (TPSA) is 26.3 Å². The van der Waals surface area contributed by atoms with Gasteiger partial charge in [-0.15, -0.1) is 0 Å². The first-order valence-corrected chi connectivity index (χ1v) is 4.81. The van der Waals surface area contributed by atoms with Crippen LogP contribution >= 0.6 is 15.9 Å². The average molecular weight is 261 g/mol. The van der Waals surface area contributed by atoms with Crippen LogP contribution in [0.4, 0.5) is 4.39 Å². The summed E-state index contributed by atoms with van der Waals surface area (Å²) in [6.07, 6.45) is 0. The Bertz CT molecular complexity index is 388. The molecule has 1 aromatic rings. The lowest BCUT2D eigenvalue weighted by Crippen LogP contribution is -2.04. The number of carbonyl (C=O) groups excluding carboxylic acids is 1. The van der Waals surface area contributed by atoms with Crippen molar-refractivity contribution in [2.45, 2.75) is 13.8 Å². The zero-order valence-electron chi connectivity index (χ0n) is 8.15. The van der Waals surface area contributed by atoms with Gasteiger partial charge in [0.05, 0.1) is 17.1 Å². The van der Waals surface area contributed by atoms with E-state index in [1.54, 1.807) is 13.0 Å². The molecule has 2 nitrogen and oxygen atoms in total. The molecule has 0 aliphatic heterocycles. The summed E-state index contributed by atoms with van der Waals surface area (Å²) in [6, 6.07) is 1.58. The first-order valence-electron chi connectivity index (χ1n) is 4.02. The maximum atomic E-state index is 13.5. The number of hydrogen-bond donors (Lipinski definition) is 0. The van der Waals surface area contributed by atoms with E-state index in [9.17, 15) is 9.18 Å². The van der Waals surface area contributed by atoms with E-state index in [0.29, 0.717) is 5.75 Å². The molecule has 0 aromatic heterocycles. The highest BCUT2D eigenvalue weighted by Gasteiger charge is 2.19. The van der Waals surface area contributed by atoms with Crippen molar-refractivity contribution in [2.75, 3.05) is 7.11 Å². The summed E-state index contributed by atoms with van der Waals surface area (Å²) >= 11 is 3.05. The molecule has 0 saturated heterocycles. The molecule has 0 radical (unpaired) electrons. The molecule has 0 aliphatic carbocycles. The molecule has 0 atom stereocenters. The fourth-order valence-corrected chi connectivity index (χ4v) is 1.85. The second kappa shape index (κ2) is 4.09. The van der Waals surface area contributed by atoms with Crippen molar-refractivity contribution >= 4 is 21.7 Å². The summed E-state index contributed by atoms with van der Waals surface area (Å²) in [5.74, 6) is -0.609. The minimum atomic E-state index is -0.569. The van der Waals surface area contributed by atoms with E-state index in [4.69, 9.17) is 4.74 Å². The maximum absolute atomic E-state index is 13.5. The smallest absolute Gasteiger partial charge is 0.166 e. The molecule has 14 heavy (non-hydrogen) atoms. The minimum Gasteiger partial charge on any atom is -0.496 e. The molecule has 0 spiro atoms. The summed E-state index contributed by atoms with van der Waals surface area (Å²) < 4.78 is 18.8. The van der Waals surface area contributed by atoms with Crippen LogP contribution in [0, 0.1) is 12.7 Å². The second-order valence-corrected chi connectivity index (χ2v) is 3.81. The molecule has 0 aliphatic rings. The lowest BCUT2D eigenvalue weighted by atomic mass is 10.1. The average Bonchev–Trinajstić information content (AvgIpc) is 2.10. The van der Waals surface area contributed by atoms with Gasteiger partial charge in [0.2, 0.25) is 0 Å². The van der Waals surface area contributed by atoms with Crippen LogP contribution < -0.4 is 4.74 Å². The van der Waals surface area contributed by atoms with Gasteiger partial charge in [-0.05, 0) is 41.4 Å². The first kappa shape index (κ1) is 11.2. The van der Waals surface area contributed by atoms with Crippen LogP contribution in [-0.2, 0) is 0 Å². The molecule has 0 amide bonds. The third kappa shape index (κ3) is 1.80. The van der Waals surface area contributed by atoms with Crippen LogP contribution in [0.3, 0.4) is 0 Å². The molecule has 76 valence electrons. The van der Waals surface area contributed by atoms with Gasteiger partial charge in [0.1, 0.15) is 5.75 Å². The Hall–Kier alpha value is -0.900. The van der Waals surface area contributed by atoms with Crippen LogP contribution in [0.5, 0.6) is 5.75 Å². The van der Waals surface area contributed by atoms with Crippen molar-refractivity contribution in [1.82, 2.24) is 0 Å². The normalized spacial score (nSPS) is 10.1. The van der Waals surface area contributed by atoms with Gasteiger partial charge in [-0.1, -0.05) is 0 Å². The van der Waals surface area contributed by atoms with Crippen molar-refractivity contribution in [3.63, 3.8) is 0 Å². The number of ketones is 1. The molecule has 0 fully saturated rings. The van der Waals surface area contributed by atoms with Crippen molar-refractivity contribution in [2.24, 2.45) is 0 Å². The third-order valence-electron chi connectivity index (χ3n) is 1.91. The van der Waals surface area contributed by atoms with E-state index >= 15 is 0 Å². The van der Waals surface area contributed by atoms with Gasteiger partial charge in [0, 0.05) is 0 Å². The predicted octanol–water partition coefficient (Wildman–Crippen LogP) is 3.11. The largest absolute Gasteiger partial charge is 0.496 e. The van der Waals surface area contributed by atoms with Crippen molar-refractivity contribution in [3.8, 4) is 5.75 Å². The number of methoxy groups -OCH3 is 1. The predicted molar refractivity (Wildman–Crippen MR) is 55.4 cm³/mol. The van der Waals surface area contributed by atoms with Crippen LogP contribution in [0.1, 0.15) is 22.8 Å². The maximum Gasteiger partial charge on any atom is 0.166 e. The molecule has 0 heterocycles. The number of carbonyl (C=O) groups is 1. The lowest BCUT2D eigenvalue weighted by Gasteiger charge is -2.11. The lowest BCUT2D eigenvalue weighted by molar-refractivity contribution is 0.101. The Kier molecular flexibility index (Phi) is 3.26. The Balaban J connectivity index is 3.56. The summed E-state index contributed by atoms with van der Waals surface area (Å²) in [5.41, 5.74) is 0.727. The number of ether oxygens (including phenoxy) is 1. The molecule has 0 N–H and O–H groups in total. The van der Waals surface area contributed by atoms with E-state index < -0.39 is 5.82 Å². The van der Waals surface area contributed by atoms with E-state index in [-0.39, 0.29) is 15.8 Å². The summed E-state index contributed by atoms with van der Waals surface area (Å²) in [5, 5.41) is 0. The molecule has 1 aromatic carbocycles. The van der Waals surface area contributed by atoms with Crippen LogP contribution in [0.25, 0.3) is 0 Å². The van der Waals surface area contributed by atoms with E-state index in [0.717, 1.165) is 5.56 Å². The van der Waals surface area contributed by atoms with Gasteiger partial charge in [-0.25, -0.2) is 4.39 Å². The molecular weight excluding hydrogens is 251 g/mol. The summed E-state index contributed by atoms with van der Waals surface area (Å²) in [7, 11) is 1.42. The monoisotopic (exact) mass is 260 g/mol. The van der Waals surface area contributed by atoms with Gasteiger partial charge < -0.3 is 4.74 Å². The first-order chi connectivity index (χ1) is 6.49. The Morgan fingerprint density at radius 3 is 2.57 bits per heavy atom. The third-order valence-corrected chi connectivity index (χ3v) is 2.49. The van der Waals surface area contributed by atoms with Gasteiger partial charge in [-0.2, -0.15) is 0 Å². The van der Waals surface area contributed by atoms with Gasteiger partial charge in [-0.3, -0.25) is 4.79 Å². The van der Waals surface area contributed by atoms with Gasteiger partial charge >= 0.3 is 0 Å². The highest BCUT2D eigenvalue weighted by atomic mass is 79.9. The van der Waals surface area contributed by atoms with Crippen LogP contribution in [0.15, 0.2) is 10.5 Å². The number of halogens is 2. The van der Waals surface area contributed by atoms with Crippen molar-refractivity contribution < 1.29 is 13.9 Å². The number of rotatable bonds is 2. The number of aryl methyl sites for hydroxylation is 1. The zero-order chi connectivity index (χ0) is 10.9. The Morgan fingerprint density at radius 2 is 2.14 bits per heavy atom. The quantitative estimate of drug-likeness (QED) is 0.764. The summed E-state index contributed by atoms with van der Waals surface area (Å²) in [4.78, 5) is 11.2. The highest BCUT2D eigenvalue weighted by molar-refractivity contribution is 9.10. The fraction of sp³-hybridized carbons (Fsp3) is 0.300. The summed E-state index contributed by atoms with van der Waals surface area (Å²) in [6.45, 7) is 3.07. The second-order valence-electron chi connectivity index (χ2n) is 2.95. The molecule has 4 heteroatoms. The molecule has 0 saturated carbocycles. The molecular formula is C10H10BrFO2. The van der Waals surface area contributed by atoms with E-state index in [1.807, 2.05) is 0 Å². The zero-order valence-corrected chi connectivity index (χ0v) is 9.74. The van der Waals surface area contributed by atoms with Crippen LogP contribution in [-0.4, -0.2) is 12.9 Å². The van der Waals surface area contributed by atoms with Crippen molar-refractivity contribution in [3.05, 3.63) is 27.5 Å². The SMILES string of the molecule is COc1c(C)cc(Br)c(F)c1C(C)=O. The van der Waals surface area contributed by atoms with Gasteiger partial charge in [0.25, 0.3) is 0 Å². The number of Topliss-reactive ketones (excluding diaryl/α,β-unsaturated/α-hetero) is 1. The van der Waals surface area contributed by atoms with E-state index in [2.05, 4.69) is 15.9 Å². The highest BCUT2D eigenvalue weighted by Crippen LogP contribution is 2.31.